The molecule has 28 heavy (non-hydrogen) atoms. The molecule has 3 aromatic rings. The maximum atomic E-state index is 14.7. The van der Waals surface area contributed by atoms with Gasteiger partial charge in [0.05, 0.1) is 18.8 Å². The normalized spacial score (nSPS) is 16.0. The SMILES string of the molecule is C.CC(=O)NC[C@H]1CN(c2ccc(-c3ccc4ncnn4c3)c(F)c2)C(=O)O1. The van der Waals surface area contributed by atoms with Gasteiger partial charge in [0, 0.05) is 24.2 Å². The summed E-state index contributed by atoms with van der Waals surface area (Å²) in [7, 11) is 0. The summed E-state index contributed by atoms with van der Waals surface area (Å²) in [6.07, 6.45) is 2.07. The Balaban J connectivity index is 0.00000225. The van der Waals surface area contributed by atoms with E-state index >= 15 is 0 Å². The minimum atomic E-state index is -0.568. The highest BCUT2D eigenvalue weighted by Gasteiger charge is 2.32. The fourth-order valence-electron chi connectivity index (χ4n) is 2.98. The number of cyclic esters (lactones) is 1. The van der Waals surface area contributed by atoms with Crippen LogP contribution in [0.5, 0.6) is 0 Å². The van der Waals surface area contributed by atoms with Gasteiger partial charge in [-0.2, -0.15) is 5.10 Å². The average Bonchev–Trinajstić information content (AvgIpc) is 3.25. The molecule has 1 saturated heterocycles. The van der Waals surface area contributed by atoms with Crippen LogP contribution in [-0.2, 0) is 9.53 Å². The lowest BCUT2D eigenvalue weighted by Crippen LogP contribution is -2.33. The maximum absolute atomic E-state index is 14.7. The molecule has 2 aromatic heterocycles. The summed E-state index contributed by atoms with van der Waals surface area (Å²) in [6, 6.07) is 8.07. The maximum Gasteiger partial charge on any atom is 0.414 e. The van der Waals surface area contributed by atoms with Crippen molar-refractivity contribution < 1.29 is 18.7 Å². The zero-order chi connectivity index (χ0) is 19.0. The van der Waals surface area contributed by atoms with Crippen molar-refractivity contribution in [3.63, 3.8) is 0 Å². The first-order chi connectivity index (χ1) is 13.0. The Hall–Kier alpha value is -3.49. The van der Waals surface area contributed by atoms with Crippen LogP contribution in [-0.4, -0.2) is 45.8 Å². The molecule has 0 aliphatic carbocycles. The number of benzene rings is 1. The first kappa shape index (κ1) is 19.3. The van der Waals surface area contributed by atoms with Crippen LogP contribution < -0.4 is 10.2 Å². The Morgan fingerprint density at radius 1 is 1.36 bits per heavy atom. The number of rotatable bonds is 4. The lowest BCUT2D eigenvalue weighted by molar-refractivity contribution is -0.119. The fourth-order valence-corrected chi connectivity index (χ4v) is 2.98. The van der Waals surface area contributed by atoms with Crippen LogP contribution in [0.25, 0.3) is 16.8 Å². The molecule has 1 atom stereocenters. The van der Waals surface area contributed by atoms with E-state index in [0.717, 1.165) is 0 Å². The molecule has 1 fully saturated rings. The van der Waals surface area contributed by atoms with Crippen molar-refractivity contribution in [1.82, 2.24) is 19.9 Å². The van der Waals surface area contributed by atoms with Gasteiger partial charge in [-0.25, -0.2) is 18.7 Å². The van der Waals surface area contributed by atoms with Crippen molar-refractivity contribution in [2.45, 2.75) is 20.5 Å². The minimum absolute atomic E-state index is 0. The summed E-state index contributed by atoms with van der Waals surface area (Å²) < 4.78 is 21.5. The third-order valence-electron chi connectivity index (χ3n) is 4.30. The van der Waals surface area contributed by atoms with Crippen molar-refractivity contribution in [2.75, 3.05) is 18.0 Å². The van der Waals surface area contributed by atoms with Gasteiger partial charge >= 0.3 is 6.09 Å². The highest BCUT2D eigenvalue weighted by Crippen LogP contribution is 2.29. The molecule has 2 amide bonds. The Labute approximate surface area is 160 Å². The molecule has 8 nitrogen and oxygen atoms in total. The van der Waals surface area contributed by atoms with Crippen molar-refractivity contribution in [3.05, 3.63) is 48.7 Å². The third kappa shape index (κ3) is 3.64. The molecule has 0 spiro atoms. The van der Waals surface area contributed by atoms with E-state index in [1.54, 1.807) is 35.0 Å². The van der Waals surface area contributed by atoms with E-state index < -0.39 is 18.0 Å². The summed E-state index contributed by atoms with van der Waals surface area (Å²) in [5.41, 5.74) is 2.09. The quantitative estimate of drug-likeness (QED) is 0.746. The summed E-state index contributed by atoms with van der Waals surface area (Å²) in [4.78, 5) is 28.5. The number of carbonyl (C=O) groups excluding carboxylic acids is 2. The van der Waals surface area contributed by atoms with Crippen LogP contribution in [0, 0.1) is 5.82 Å². The van der Waals surface area contributed by atoms with Crippen LogP contribution in [0.1, 0.15) is 14.4 Å². The molecule has 0 unspecified atom stereocenters. The van der Waals surface area contributed by atoms with E-state index in [0.29, 0.717) is 22.5 Å². The van der Waals surface area contributed by atoms with E-state index in [-0.39, 0.29) is 26.4 Å². The standard InChI is InChI=1S/C18H16FN5O3.CH4/c1-11(25)20-7-14-9-23(18(26)27-14)13-3-4-15(16(19)6-13)12-2-5-17-21-10-22-24(17)8-12;/h2-6,8,10,14H,7,9H2,1H3,(H,20,25);1H4/t14-;/m0./s1. The highest BCUT2D eigenvalue weighted by atomic mass is 19.1. The first-order valence-electron chi connectivity index (χ1n) is 8.33. The number of hydrogen-bond acceptors (Lipinski definition) is 5. The number of nitrogens with zero attached hydrogens (tertiary/aromatic N) is 4. The van der Waals surface area contributed by atoms with Crippen LogP contribution >= 0.6 is 0 Å². The Morgan fingerprint density at radius 2 is 2.18 bits per heavy atom. The molecule has 1 aromatic carbocycles. The minimum Gasteiger partial charge on any atom is -0.442 e. The van der Waals surface area contributed by atoms with Crippen molar-refractivity contribution in [2.24, 2.45) is 0 Å². The Morgan fingerprint density at radius 3 is 2.93 bits per heavy atom. The molecule has 9 heteroatoms. The molecule has 0 saturated carbocycles. The van der Waals surface area contributed by atoms with E-state index in [4.69, 9.17) is 4.74 Å². The van der Waals surface area contributed by atoms with Crippen molar-refractivity contribution in [1.29, 1.82) is 0 Å². The molecule has 3 heterocycles. The smallest absolute Gasteiger partial charge is 0.414 e. The number of fused-ring (bicyclic) bond motifs is 1. The van der Waals surface area contributed by atoms with Gasteiger partial charge in [-0.3, -0.25) is 9.69 Å². The van der Waals surface area contributed by atoms with Gasteiger partial charge in [0.1, 0.15) is 18.2 Å². The van der Waals surface area contributed by atoms with Crippen molar-refractivity contribution in [3.8, 4) is 11.1 Å². The number of pyridine rings is 1. The molecular formula is C19H20FN5O3. The van der Waals surface area contributed by atoms with Crippen LogP contribution in [0.4, 0.5) is 14.9 Å². The first-order valence-corrected chi connectivity index (χ1v) is 8.33. The molecule has 146 valence electrons. The number of halogens is 1. The molecular weight excluding hydrogens is 365 g/mol. The molecule has 0 radical (unpaired) electrons. The zero-order valence-corrected chi connectivity index (χ0v) is 14.4. The number of aromatic nitrogens is 3. The predicted octanol–water partition coefficient (Wildman–Crippen LogP) is 2.63. The van der Waals surface area contributed by atoms with E-state index in [1.807, 2.05) is 0 Å². The summed E-state index contributed by atoms with van der Waals surface area (Å²) in [5, 5.41) is 6.65. The van der Waals surface area contributed by atoms with Crippen LogP contribution in [0.2, 0.25) is 0 Å². The average molecular weight is 385 g/mol. The van der Waals surface area contributed by atoms with E-state index in [9.17, 15) is 14.0 Å². The lowest BCUT2D eigenvalue weighted by atomic mass is 10.1. The van der Waals surface area contributed by atoms with Gasteiger partial charge in [0.2, 0.25) is 5.91 Å². The predicted molar refractivity (Wildman–Crippen MR) is 101 cm³/mol. The second-order valence-corrected chi connectivity index (χ2v) is 6.20. The Bertz CT molecular complexity index is 1040. The van der Waals surface area contributed by atoms with E-state index in [2.05, 4.69) is 15.4 Å². The molecule has 1 aliphatic heterocycles. The molecule has 4 rings (SSSR count). The van der Waals surface area contributed by atoms with Gasteiger partial charge in [-0.15, -0.1) is 0 Å². The number of anilines is 1. The zero-order valence-electron chi connectivity index (χ0n) is 14.4. The summed E-state index contributed by atoms with van der Waals surface area (Å²) in [6.45, 7) is 1.85. The van der Waals surface area contributed by atoms with Gasteiger partial charge in [-0.1, -0.05) is 7.43 Å². The second-order valence-electron chi connectivity index (χ2n) is 6.20. The fraction of sp³-hybridized carbons (Fsp3) is 0.263. The number of amides is 2. The summed E-state index contributed by atoms with van der Waals surface area (Å²) in [5.74, 6) is -0.672. The van der Waals surface area contributed by atoms with Gasteiger partial charge in [0.15, 0.2) is 5.65 Å². The second kappa shape index (κ2) is 7.63. The largest absolute Gasteiger partial charge is 0.442 e. The number of hydrogen-bond donors (Lipinski definition) is 1. The van der Waals surface area contributed by atoms with Gasteiger partial charge in [-0.05, 0) is 30.3 Å². The molecule has 1 N–H and O–H groups in total. The van der Waals surface area contributed by atoms with Crippen LogP contribution in [0.15, 0.2) is 42.9 Å². The molecule has 0 bridgehead atoms. The van der Waals surface area contributed by atoms with Gasteiger partial charge in [0.25, 0.3) is 0 Å². The van der Waals surface area contributed by atoms with Crippen molar-refractivity contribution >= 4 is 23.3 Å². The number of ether oxygens (including phenoxy) is 1. The van der Waals surface area contributed by atoms with Gasteiger partial charge < -0.3 is 10.1 Å². The Kier molecular flexibility index (Phi) is 5.25. The number of nitrogens with one attached hydrogen (secondary N) is 1. The topological polar surface area (TPSA) is 88.8 Å². The highest BCUT2D eigenvalue weighted by molar-refractivity contribution is 5.90. The number of carbonyl (C=O) groups is 2. The third-order valence-corrected chi connectivity index (χ3v) is 4.30. The molecule has 1 aliphatic rings. The lowest BCUT2D eigenvalue weighted by Gasteiger charge is -2.14. The summed E-state index contributed by atoms with van der Waals surface area (Å²) >= 11 is 0. The monoisotopic (exact) mass is 385 g/mol. The van der Waals surface area contributed by atoms with Crippen LogP contribution in [0.3, 0.4) is 0 Å². The van der Waals surface area contributed by atoms with E-state index in [1.165, 1.54) is 24.2 Å².